The molecule has 1 rings (SSSR count). The molecule has 0 heterocycles. The fourth-order valence-electron chi connectivity index (χ4n) is 0.851. The summed E-state index contributed by atoms with van der Waals surface area (Å²) in [5.74, 6) is -0.699. The molecule has 12 heavy (non-hydrogen) atoms. The summed E-state index contributed by atoms with van der Waals surface area (Å²) in [7, 11) is 0. The van der Waals surface area contributed by atoms with Gasteiger partial charge >= 0.3 is 0 Å². The van der Waals surface area contributed by atoms with Crippen LogP contribution in [-0.2, 0) is 9.92 Å². The normalized spacial score (nSPS) is 15.2. The molecule has 0 bridgehead atoms. The molecule has 0 aliphatic rings. The molecule has 3 heteroatoms. The molecule has 1 aromatic rings. The first-order chi connectivity index (χ1) is 5.55. The summed E-state index contributed by atoms with van der Waals surface area (Å²) in [6.45, 7) is 1.12. The number of halogens is 2. The first-order valence-corrected chi connectivity index (χ1v) is 3.87. The van der Waals surface area contributed by atoms with Crippen molar-refractivity contribution >= 4 is 17.4 Å². The largest absolute Gasteiger partial charge is 0.295 e. The van der Waals surface area contributed by atoms with Gasteiger partial charge in [-0.3, -0.25) is 4.79 Å². The van der Waals surface area contributed by atoms with Gasteiger partial charge in [-0.15, -0.1) is 0 Å². The summed E-state index contributed by atoms with van der Waals surface area (Å²) in [4.78, 5) is 10.8. The molecule has 0 aliphatic carbocycles. The highest BCUT2D eigenvalue weighted by atomic mass is 35.5. The average Bonchev–Trinajstić information content (AvgIpc) is 2.06. The van der Waals surface area contributed by atoms with E-state index in [-0.39, 0.29) is 5.56 Å². The van der Waals surface area contributed by atoms with Crippen molar-refractivity contribution in [2.45, 2.75) is 12.1 Å². The van der Waals surface area contributed by atoms with E-state index in [1.165, 1.54) is 12.1 Å². The van der Waals surface area contributed by atoms with Gasteiger partial charge in [0.1, 0.15) is 0 Å². The molecule has 0 saturated carbocycles. The Morgan fingerprint density at radius 2 is 1.92 bits per heavy atom. The van der Waals surface area contributed by atoms with Crippen molar-refractivity contribution in [3.05, 3.63) is 35.9 Å². The summed E-state index contributed by atoms with van der Waals surface area (Å²) < 4.78 is 13.4. The van der Waals surface area contributed by atoms with Crippen LogP contribution in [-0.4, -0.2) is 5.78 Å². The fourth-order valence-corrected chi connectivity index (χ4v) is 0.977. The number of alkyl halides is 2. The number of carbonyl (C=O) groups is 1. The van der Waals surface area contributed by atoms with Crippen molar-refractivity contribution in [3.8, 4) is 0 Å². The van der Waals surface area contributed by atoms with Gasteiger partial charge in [0.05, 0.1) is 0 Å². The summed E-state index contributed by atoms with van der Waals surface area (Å²) in [6, 6.07) is 7.96. The minimum Gasteiger partial charge on any atom is -0.295 e. The number of hydrogen-bond acceptors (Lipinski definition) is 1. The van der Waals surface area contributed by atoms with Crippen LogP contribution in [0.4, 0.5) is 4.39 Å². The van der Waals surface area contributed by atoms with Gasteiger partial charge < -0.3 is 0 Å². The number of Topliss-reactive ketones (excluding diaryl/α,β-unsaturated/α-hetero) is 1. The Morgan fingerprint density at radius 3 is 2.33 bits per heavy atom. The van der Waals surface area contributed by atoms with E-state index in [0.29, 0.717) is 0 Å². The third-order valence-corrected chi connectivity index (χ3v) is 2.06. The van der Waals surface area contributed by atoms with Crippen LogP contribution < -0.4 is 0 Å². The molecule has 0 aromatic heterocycles. The third-order valence-electron chi connectivity index (χ3n) is 1.58. The van der Waals surface area contributed by atoms with Crippen molar-refractivity contribution in [1.82, 2.24) is 0 Å². The summed E-state index contributed by atoms with van der Waals surface area (Å²) in [5.41, 5.74) is 0.180. The van der Waals surface area contributed by atoms with E-state index in [4.69, 9.17) is 11.6 Å². The second-order valence-electron chi connectivity index (χ2n) is 2.50. The van der Waals surface area contributed by atoms with Gasteiger partial charge in [0.2, 0.25) is 0 Å². The van der Waals surface area contributed by atoms with Crippen molar-refractivity contribution < 1.29 is 9.18 Å². The Kier molecular flexibility index (Phi) is 2.48. The van der Waals surface area contributed by atoms with Crippen molar-refractivity contribution in [3.63, 3.8) is 0 Å². The maximum absolute atomic E-state index is 13.4. The van der Waals surface area contributed by atoms with E-state index in [1.54, 1.807) is 18.2 Å². The van der Waals surface area contributed by atoms with E-state index in [2.05, 4.69) is 0 Å². The predicted molar refractivity (Wildman–Crippen MR) is 45.8 cm³/mol. The molecule has 1 aromatic carbocycles. The van der Waals surface area contributed by atoms with E-state index in [1.807, 2.05) is 0 Å². The summed E-state index contributed by atoms with van der Waals surface area (Å²) in [5, 5.41) is -2.37. The molecular formula is C9H8ClFO. The quantitative estimate of drug-likeness (QED) is 0.649. The number of benzene rings is 1. The molecule has 64 valence electrons. The lowest BCUT2D eigenvalue weighted by Crippen LogP contribution is -2.21. The van der Waals surface area contributed by atoms with E-state index in [0.717, 1.165) is 6.92 Å². The zero-order valence-electron chi connectivity index (χ0n) is 6.55. The Morgan fingerprint density at radius 1 is 1.42 bits per heavy atom. The smallest absolute Gasteiger partial charge is 0.266 e. The second kappa shape index (κ2) is 3.23. The number of carbonyl (C=O) groups excluding carboxylic acids is 1. The maximum atomic E-state index is 13.4. The van der Waals surface area contributed by atoms with Crippen LogP contribution in [0.3, 0.4) is 0 Å². The molecule has 0 amide bonds. The van der Waals surface area contributed by atoms with Gasteiger partial charge in [0.15, 0.2) is 5.78 Å². The van der Waals surface area contributed by atoms with Crippen LogP contribution in [0.1, 0.15) is 12.5 Å². The minimum atomic E-state index is -2.37. The van der Waals surface area contributed by atoms with Crippen LogP contribution in [0.2, 0.25) is 0 Å². The number of rotatable bonds is 2. The van der Waals surface area contributed by atoms with E-state index in [9.17, 15) is 9.18 Å². The zero-order chi connectivity index (χ0) is 9.19. The lowest BCUT2D eigenvalue weighted by molar-refractivity contribution is -0.124. The Balaban J connectivity index is 3.06. The molecule has 0 spiro atoms. The van der Waals surface area contributed by atoms with Crippen LogP contribution >= 0.6 is 11.6 Å². The van der Waals surface area contributed by atoms with Crippen LogP contribution in [0.5, 0.6) is 0 Å². The molecule has 0 radical (unpaired) electrons. The number of hydrogen-bond donors (Lipinski definition) is 0. The minimum absolute atomic E-state index is 0.180. The maximum Gasteiger partial charge on any atom is 0.266 e. The molecule has 0 fully saturated rings. The zero-order valence-corrected chi connectivity index (χ0v) is 7.31. The first-order valence-electron chi connectivity index (χ1n) is 3.49. The molecule has 1 atom stereocenters. The molecule has 0 saturated heterocycles. The Labute approximate surface area is 75.2 Å². The van der Waals surface area contributed by atoms with E-state index >= 15 is 0 Å². The van der Waals surface area contributed by atoms with Gasteiger partial charge in [-0.1, -0.05) is 41.9 Å². The second-order valence-corrected chi connectivity index (χ2v) is 3.02. The molecule has 1 nitrogen and oxygen atoms in total. The van der Waals surface area contributed by atoms with Crippen LogP contribution in [0, 0.1) is 0 Å². The van der Waals surface area contributed by atoms with Crippen molar-refractivity contribution in [2.75, 3.05) is 0 Å². The molecule has 1 unspecified atom stereocenters. The topological polar surface area (TPSA) is 17.1 Å². The third kappa shape index (κ3) is 1.64. The van der Waals surface area contributed by atoms with Crippen LogP contribution in [0.15, 0.2) is 30.3 Å². The SMILES string of the molecule is CC(=O)C(F)(Cl)c1ccccc1. The van der Waals surface area contributed by atoms with Crippen molar-refractivity contribution in [1.29, 1.82) is 0 Å². The fraction of sp³-hybridized carbons (Fsp3) is 0.222. The summed E-state index contributed by atoms with van der Waals surface area (Å²) in [6.07, 6.45) is 0. The highest BCUT2D eigenvalue weighted by Crippen LogP contribution is 2.31. The van der Waals surface area contributed by atoms with Gasteiger partial charge in [0.25, 0.3) is 5.13 Å². The highest BCUT2D eigenvalue weighted by molar-refractivity contribution is 6.33. The van der Waals surface area contributed by atoms with Gasteiger partial charge in [-0.2, -0.15) is 0 Å². The molecular weight excluding hydrogens is 179 g/mol. The van der Waals surface area contributed by atoms with Gasteiger partial charge in [-0.05, 0) is 6.92 Å². The average molecular weight is 187 g/mol. The standard InChI is InChI=1S/C9H8ClFO/c1-7(12)9(10,11)8-5-3-2-4-6-8/h2-6H,1H3. The Bertz CT molecular complexity index is 282. The van der Waals surface area contributed by atoms with Gasteiger partial charge in [0, 0.05) is 5.56 Å². The summed E-state index contributed by atoms with van der Waals surface area (Å²) >= 11 is 5.38. The highest BCUT2D eigenvalue weighted by Gasteiger charge is 2.34. The number of ketones is 1. The lowest BCUT2D eigenvalue weighted by atomic mass is 10.1. The van der Waals surface area contributed by atoms with Crippen molar-refractivity contribution in [2.24, 2.45) is 0 Å². The van der Waals surface area contributed by atoms with Gasteiger partial charge in [-0.25, -0.2) is 4.39 Å². The first kappa shape index (κ1) is 9.20. The molecule has 0 N–H and O–H groups in total. The lowest BCUT2D eigenvalue weighted by Gasteiger charge is -2.13. The predicted octanol–water partition coefficient (Wildman–Crippen LogP) is 2.64. The Hall–Kier alpha value is -0.890. The molecule has 0 aliphatic heterocycles. The van der Waals surface area contributed by atoms with E-state index < -0.39 is 10.9 Å². The van der Waals surface area contributed by atoms with Crippen LogP contribution in [0.25, 0.3) is 0 Å². The monoisotopic (exact) mass is 186 g/mol.